The Kier molecular flexibility index (Phi) is 5.10. The van der Waals surface area contributed by atoms with Crippen molar-refractivity contribution in [1.82, 2.24) is 34.1 Å². The molecule has 1 fully saturated rings. The zero-order valence-electron chi connectivity index (χ0n) is 17.9. The van der Waals surface area contributed by atoms with Crippen LogP contribution in [-0.4, -0.2) is 68.7 Å². The first-order valence-electron chi connectivity index (χ1n) is 9.81. The third kappa shape index (κ3) is 3.47. The summed E-state index contributed by atoms with van der Waals surface area (Å²) in [6, 6.07) is 5.77. The molecule has 3 aromatic rings. The molecule has 4 rings (SSSR count). The van der Waals surface area contributed by atoms with Crippen LogP contribution in [0.3, 0.4) is 0 Å². The third-order valence-corrected chi connectivity index (χ3v) is 7.62. The molecule has 4 heterocycles. The Labute approximate surface area is 176 Å². The van der Waals surface area contributed by atoms with E-state index in [1.165, 1.54) is 4.31 Å². The lowest BCUT2D eigenvalue weighted by molar-refractivity contribution is 0.383. The minimum Gasteiger partial charge on any atom is -0.352 e. The van der Waals surface area contributed by atoms with Gasteiger partial charge in [0.05, 0.1) is 17.1 Å². The van der Waals surface area contributed by atoms with Gasteiger partial charge in [0.2, 0.25) is 10.0 Å². The molecule has 0 radical (unpaired) electrons. The van der Waals surface area contributed by atoms with Crippen LogP contribution in [0.4, 0.5) is 5.82 Å². The molecule has 10 nitrogen and oxygen atoms in total. The average Bonchev–Trinajstić information content (AvgIpc) is 3.19. The van der Waals surface area contributed by atoms with Crippen molar-refractivity contribution >= 4 is 15.8 Å². The van der Waals surface area contributed by atoms with Crippen LogP contribution >= 0.6 is 0 Å². The van der Waals surface area contributed by atoms with Crippen LogP contribution in [0.5, 0.6) is 0 Å². The van der Waals surface area contributed by atoms with Crippen LogP contribution in [0, 0.1) is 27.7 Å². The summed E-state index contributed by atoms with van der Waals surface area (Å²) < 4.78 is 31.2. The third-order valence-electron chi connectivity index (χ3n) is 5.47. The van der Waals surface area contributed by atoms with E-state index in [2.05, 4.69) is 20.4 Å². The van der Waals surface area contributed by atoms with Crippen LogP contribution in [0.2, 0.25) is 0 Å². The molecule has 0 spiro atoms. The van der Waals surface area contributed by atoms with Gasteiger partial charge in [-0.15, -0.1) is 10.2 Å². The van der Waals surface area contributed by atoms with E-state index in [9.17, 15) is 8.42 Å². The first kappa shape index (κ1) is 20.5. The minimum atomic E-state index is -3.58. The largest absolute Gasteiger partial charge is 0.352 e. The van der Waals surface area contributed by atoms with E-state index in [-0.39, 0.29) is 0 Å². The molecular weight excluding hydrogens is 404 g/mol. The Balaban J connectivity index is 1.47. The first-order valence-corrected chi connectivity index (χ1v) is 11.2. The molecule has 0 aliphatic carbocycles. The molecule has 1 aliphatic heterocycles. The second-order valence-corrected chi connectivity index (χ2v) is 9.48. The van der Waals surface area contributed by atoms with E-state index >= 15 is 0 Å². The van der Waals surface area contributed by atoms with Crippen molar-refractivity contribution in [3.8, 4) is 5.82 Å². The van der Waals surface area contributed by atoms with Gasteiger partial charge in [0.15, 0.2) is 11.6 Å². The maximum atomic E-state index is 13.1. The normalized spacial score (nSPS) is 15.7. The van der Waals surface area contributed by atoms with Crippen molar-refractivity contribution < 1.29 is 8.42 Å². The summed E-state index contributed by atoms with van der Waals surface area (Å²) >= 11 is 0. The lowest BCUT2D eigenvalue weighted by Gasteiger charge is -2.34. The second-order valence-electron chi connectivity index (χ2n) is 7.60. The summed E-state index contributed by atoms with van der Waals surface area (Å²) in [5.74, 6) is 1.39. The van der Waals surface area contributed by atoms with E-state index in [0.717, 1.165) is 17.2 Å². The number of aryl methyl sites for hydroxylation is 4. The summed E-state index contributed by atoms with van der Waals surface area (Å²) in [6.45, 7) is 9.29. The van der Waals surface area contributed by atoms with Gasteiger partial charge < -0.3 is 4.90 Å². The molecule has 1 saturated heterocycles. The fourth-order valence-corrected chi connectivity index (χ4v) is 5.70. The van der Waals surface area contributed by atoms with Crippen molar-refractivity contribution in [1.29, 1.82) is 0 Å². The molecule has 3 aromatic heterocycles. The zero-order chi connectivity index (χ0) is 21.6. The zero-order valence-corrected chi connectivity index (χ0v) is 18.7. The predicted octanol–water partition coefficient (Wildman–Crippen LogP) is 1.14. The van der Waals surface area contributed by atoms with Gasteiger partial charge in [-0.2, -0.15) is 14.5 Å². The molecule has 0 amide bonds. The first-order chi connectivity index (χ1) is 14.2. The molecule has 0 bridgehead atoms. The maximum absolute atomic E-state index is 13.1. The Morgan fingerprint density at radius 1 is 0.900 bits per heavy atom. The number of sulfonamides is 1. The fourth-order valence-electron chi connectivity index (χ4n) is 3.87. The molecule has 160 valence electrons. The molecule has 0 unspecified atom stereocenters. The standard InChI is InChI=1S/C19H26N8O2S/c1-13-12-14(2)27(22-13)18-7-6-17(20-21-18)25-8-10-26(11-9-25)30(28,29)19-15(3)23-24(5)16(19)4/h6-7,12H,8-11H2,1-5H3. The Morgan fingerprint density at radius 3 is 2.03 bits per heavy atom. The van der Waals surface area contributed by atoms with Crippen LogP contribution < -0.4 is 4.90 Å². The summed E-state index contributed by atoms with van der Waals surface area (Å²) in [5.41, 5.74) is 3.10. The van der Waals surface area contributed by atoms with E-state index < -0.39 is 10.0 Å². The minimum absolute atomic E-state index is 0.312. The van der Waals surface area contributed by atoms with Crippen molar-refractivity contribution in [3.63, 3.8) is 0 Å². The monoisotopic (exact) mass is 430 g/mol. The number of hydrogen-bond acceptors (Lipinski definition) is 7. The highest BCUT2D eigenvalue weighted by Gasteiger charge is 2.33. The summed E-state index contributed by atoms with van der Waals surface area (Å²) in [7, 11) is -1.82. The number of aromatic nitrogens is 6. The fraction of sp³-hybridized carbons (Fsp3) is 0.474. The van der Waals surface area contributed by atoms with Gasteiger partial charge in [0.25, 0.3) is 0 Å². The van der Waals surface area contributed by atoms with E-state index in [1.54, 1.807) is 30.3 Å². The Morgan fingerprint density at radius 2 is 1.53 bits per heavy atom. The molecular formula is C19H26N8O2S. The van der Waals surface area contributed by atoms with E-state index in [4.69, 9.17) is 0 Å². The number of hydrogen-bond donors (Lipinski definition) is 0. The van der Waals surface area contributed by atoms with E-state index in [1.807, 2.05) is 36.9 Å². The molecule has 30 heavy (non-hydrogen) atoms. The predicted molar refractivity (Wildman–Crippen MR) is 112 cm³/mol. The van der Waals surface area contributed by atoms with Crippen molar-refractivity contribution in [3.05, 3.63) is 41.0 Å². The molecule has 1 aliphatic rings. The highest BCUT2D eigenvalue weighted by molar-refractivity contribution is 7.89. The number of piperazine rings is 1. The summed E-state index contributed by atoms with van der Waals surface area (Å²) in [5, 5.41) is 17.3. The molecule has 11 heteroatoms. The lowest BCUT2D eigenvalue weighted by Crippen LogP contribution is -2.49. The van der Waals surface area contributed by atoms with Gasteiger partial charge in [-0.1, -0.05) is 0 Å². The maximum Gasteiger partial charge on any atom is 0.246 e. The molecule has 0 saturated carbocycles. The van der Waals surface area contributed by atoms with Crippen molar-refractivity contribution in [2.75, 3.05) is 31.1 Å². The van der Waals surface area contributed by atoms with Gasteiger partial charge in [-0.05, 0) is 45.9 Å². The van der Waals surface area contributed by atoms with Crippen LogP contribution in [-0.2, 0) is 17.1 Å². The van der Waals surface area contributed by atoms with E-state index in [0.29, 0.717) is 48.3 Å². The SMILES string of the molecule is Cc1cc(C)n(-c2ccc(N3CCN(S(=O)(=O)c4c(C)nn(C)c4C)CC3)nn2)n1. The Hall–Kier alpha value is -2.79. The van der Waals surface area contributed by atoms with Crippen LogP contribution in [0.1, 0.15) is 22.8 Å². The van der Waals surface area contributed by atoms with Crippen molar-refractivity contribution in [2.24, 2.45) is 7.05 Å². The highest BCUT2D eigenvalue weighted by atomic mass is 32.2. The smallest absolute Gasteiger partial charge is 0.246 e. The lowest BCUT2D eigenvalue weighted by atomic mass is 10.3. The number of rotatable bonds is 4. The molecule has 0 aromatic carbocycles. The van der Waals surface area contributed by atoms with Crippen molar-refractivity contribution in [2.45, 2.75) is 32.6 Å². The van der Waals surface area contributed by atoms with Gasteiger partial charge >= 0.3 is 0 Å². The second kappa shape index (κ2) is 7.47. The van der Waals surface area contributed by atoms with Crippen LogP contribution in [0.25, 0.3) is 5.82 Å². The average molecular weight is 431 g/mol. The quantitative estimate of drug-likeness (QED) is 0.612. The van der Waals surface area contributed by atoms with Crippen LogP contribution in [0.15, 0.2) is 23.1 Å². The van der Waals surface area contributed by atoms with Gasteiger partial charge in [0, 0.05) is 38.9 Å². The van der Waals surface area contributed by atoms with Gasteiger partial charge in [0.1, 0.15) is 4.90 Å². The highest BCUT2D eigenvalue weighted by Crippen LogP contribution is 2.25. The topological polar surface area (TPSA) is 102 Å². The van der Waals surface area contributed by atoms with Gasteiger partial charge in [-0.25, -0.2) is 13.1 Å². The summed E-state index contributed by atoms with van der Waals surface area (Å²) in [4.78, 5) is 2.36. The molecule has 0 N–H and O–H groups in total. The van der Waals surface area contributed by atoms with Gasteiger partial charge in [-0.3, -0.25) is 4.68 Å². The number of anilines is 1. The molecule has 0 atom stereocenters. The summed E-state index contributed by atoms with van der Waals surface area (Å²) in [6.07, 6.45) is 0. The number of nitrogens with zero attached hydrogens (tertiary/aromatic N) is 8. The Bertz CT molecular complexity index is 1170.